The Morgan fingerprint density at radius 2 is 2.21 bits per heavy atom. The summed E-state index contributed by atoms with van der Waals surface area (Å²) in [6.07, 6.45) is 5.99. The topological polar surface area (TPSA) is 56.7 Å². The predicted molar refractivity (Wildman–Crippen MR) is 74.8 cm³/mol. The Morgan fingerprint density at radius 1 is 1.37 bits per heavy atom. The van der Waals surface area contributed by atoms with Crippen LogP contribution in [0.4, 0.5) is 0 Å². The zero-order valence-electron chi connectivity index (χ0n) is 11.3. The Morgan fingerprint density at radius 3 is 2.95 bits per heavy atom. The molecule has 1 aliphatic carbocycles. The van der Waals surface area contributed by atoms with Crippen molar-refractivity contribution in [3.8, 4) is 0 Å². The molecule has 0 amide bonds. The fourth-order valence-corrected chi connectivity index (χ4v) is 3.26. The summed E-state index contributed by atoms with van der Waals surface area (Å²) in [5.41, 5.74) is 9.04. The third-order valence-electron chi connectivity index (χ3n) is 4.38. The minimum atomic E-state index is 0.0234. The van der Waals surface area contributed by atoms with Crippen LogP contribution >= 0.6 is 0 Å². The van der Waals surface area contributed by atoms with Crippen LogP contribution in [0.1, 0.15) is 29.8 Å². The predicted octanol–water partition coefficient (Wildman–Crippen LogP) is 1.59. The first-order valence-electron chi connectivity index (χ1n) is 6.86. The maximum atomic E-state index is 6.16. The molecule has 0 aliphatic heterocycles. The van der Waals surface area contributed by atoms with Crippen LogP contribution in [0.5, 0.6) is 0 Å². The molecule has 1 aromatic heterocycles. The van der Waals surface area contributed by atoms with E-state index < -0.39 is 0 Å². The van der Waals surface area contributed by atoms with Crippen LogP contribution in [0.3, 0.4) is 0 Å². The van der Waals surface area contributed by atoms with E-state index in [2.05, 4.69) is 34.3 Å². The first-order chi connectivity index (χ1) is 9.25. The van der Waals surface area contributed by atoms with E-state index in [9.17, 15) is 0 Å². The van der Waals surface area contributed by atoms with Gasteiger partial charge in [-0.3, -0.25) is 4.68 Å². The normalized spacial score (nSPS) is 22.2. The van der Waals surface area contributed by atoms with Crippen LogP contribution in [0.2, 0.25) is 0 Å². The lowest BCUT2D eigenvalue weighted by Crippen LogP contribution is -2.41. The van der Waals surface area contributed by atoms with Crippen molar-refractivity contribution in [2.45, 2.75) is 31.1 Å². The Balaban J connectivity index is 2.03. The summed E-state index contributed by atoms with van der Waals surface area (Å²) in [5, 5.41) is 4.17. The number of nitrogens with two attached hydrogens (primary N) is 1. The highest BCUT2D eigenvalue weighted by Gasteiger charge is 2.36. The molecule has 0 saturated carbocycles. The second kappa shape index (κ2) is 4.78. The molecule has 1 aromatic carbocycles. The third kappa shape index (κ3) is 2.06. The Hall–Kier alpha value is -1.68. The SMILES string of the molecule is Cn1ncnc1CC1(CN)CCCc2ccccc21. The van der Waals surface area contributed by atoms with Crippen molar-refractivity contribution in [1.29, 1.82) is 0 Å². The summed E-state index contributed by atoms with van der Waals surface area (Å²) >= 11 is 0. The highest BCUT2D eigenvalue weighted by Crippen LogP contribution is 2.38. The Bertz CT molecular complexity index is 575. The lowest BCUT2D eigenvalue weighted by Gasteiger charge is -2.38. The average molecular weight is 256 g/mol. The van der Waals surface area contributed by atoms with Crippen LogP contribution in [-0.2, 0) is 25.3 Å². The van der Waals surface area contributed by atoms with Gasteiger partial charge in [-0.05, 0) is 30.4 Å². The van der Waals surface area contributed by atoms with E-state index >= 15 is 0 Å². The summed E-state index contributed by atoms with van der Waals surface area (Å²) in [6.45, 7) is 0.664. The summed E-state index contributed by atoms with van der Waals surface area (Å²) < 4.78 is 1.86. The van der Waals surface area contributed by atoms with Gasteiger partial charge < -0.3 is 5.73 Å². The van der Waals surface area contributed by atoms with Crippen molar-refractivity contribution in [3.63, 3.8) is 0 Å². The van der Waals surface area contributed by atoms with Crippen molar-refractivity contribution in [3.05, 3.63) is 47.5 Å². The molecule has 4 heteroatoms. The first-order valence-corrected chi connectivity index (χ1v) is 6.86. The van der Waals surface area contributed by atoms with Crippen LogP contribution in [0.25, 0.3) is 0 Å². The van der Waals surface area contributed by atoms with E-state index in [-0.39, 0.29) is 5.41 Å². The third-order valence-corrected chi connectivity index (χ3v) is 4.38. The van der Waals surface area contributed by atoms with E-state index in [1.165, 1.54) is 17.5 Å². The fourth-order valence-electron chi connectivity index (χ4n) is 3.26. The first kappa shape index (κ1) is 12.4. The zero-order valence-corrected chi connectivity index (χ0v) is 11.3. The Labute approximate surface area is 113 Å². The highest BCUT2D eigenvalue weighted by molar-refractivity contribution is 5.38. The van der Waals surface area contributed by atoms with Crippen molar-refractivity contribution >= 4 is 0 Å². The largest absolute Gasteiger partial charge is 0.330 e. The maximum Gasteiger partial charge on any atom is 0.138 e. The molecule has 1 atom stereocenters. The van der Waals surface area contributed by atoms with Crippen molar-refractivity contribution in [1.82, 2.24) is 14.8 Å². The van der Waals surface area contributed by atoms with Gasteiger partial charge in [0, 0.05) is 25.4 Å². The van der Waals surface area contributed by atoms with Gasteiger partial charge in [0.05, 0.1) is 0 Å². The molecule has 19 heavy (non-hydrogen) atoms. The number of fused-ring (bicyclic) bond motifs is 1. The average Bonchev–Trinajstić information content (AvgIpc) is 2.84. The van der Waals surface area contributed by atoms with Gasteiger partial charge in [0.15, 0.2) is 0 Å². The van der Waals surface area contributed by atoms with Gasteiger partial charge in [-0.25, -0.2) is 4.98 Å². The number of aromatic nitrogens is 3. The fraction of sp³-hybridized carbons (Fsp3) is 0.467. The monoisotopic (exact) mass is 256 g/mol. The smallest absolute Gasteiger partial charge is 0.138 e. The maximum absolute atomic E-state index is 6.16. The van der Waals surface area contributed by atoms with E-state index in [4.69, 9.17) is 5.73 Å². The van der Waals surface area contributed by atoms with Crippen LogP contribution in [-0.4, -0.2) is 21.3 Å². The lowest BCUT2D eigenvalue weighted by molar-refractivity contribution is 0.354. The number of hydrogen-bond acceptors (Lipinski definition) is 3. The molecule has 2 N–H and O–H groups in total. The van der Waals surface area contributed by atoms with E-state index in [1.807, 2.05) is 11.7 Å². The van der Waals surface area contributed by atoms with Gasteiger partial charge in [-0.1, -0.05) is 24.3 Å². The number of benzene rings is 1. The molecule has 0 radical (unpaired) electrons. The second-order valence-electron chi connectivity index (χ2n) is 5.47. The molecule has 0 bridgehead atoms. The molecule has 0 saturated heterocycles. The van der Waals surface area contributed by atoms with Gasteiger partial charge in [0.25, 0.3) is 0 Å². The molecule has 0 spiro atoms. The van der Waals surface area contributed by atoms with Crippen molar-refractivity contribution in [2.75, 3.05) is 6.54 Å². The van der Waals surface area contributed by atoms with Gasteiger partial charge >= 0.3 is 0 Å². The number of aryl methyl sites for hydroxylation is 2. The molecule has 1 heterocycles. The summed E-state index contributed by atoms with van der Waals surface area (Å²) in [4.78, 5) is 4.37. The van der Waals surface area contributed by atoms with Gasteiger partial charge in [-0.15, -0.1) is 0 Å². The lowest BCUT2D eigenvalue weighted by atomic mass is 9.68. The van der Waals surface area contributed by atoms with E-state index in [0.717, 1.165) is 25.1 Å². The van der Waals surface area contributed by atoms with E-state index in [1.54, 1.807) is 6.33 Å². The molecule has 1 aliphatic rings. The minimum absolute atomic E-state index is 0.0234. The number of nitrogens with zero attached hydrogens (tertiary/aromatic N) is 3. The van der Waals surface area contributed by atoms with E-state index in [0.29, 0.717) is 6.54 Å². The molecule has 1 unspecified atom stereocenters. The van der Waals surface area contributed by atoms with Gasteiger partial charge in [-0.2, -0.15) is 5.10 Å². The van der Waals surface area contributed by atoms with Crippen LogP contribution < -0.4 is 5.73 Å². The molecular formula is C15H20N4. The van der Waals surface area contributed by atoms with Crippen molar-refractivity contribution in [2.24, 2.45) is 12.8 Å². The van der Waals surface area contributed by atoms with Crippen LogP contribution in [0, 0.1) is 0 Å². The number of rotatable bonds is 3. The zero-order chi connectivity index (χ0) is 13.3. The summed E-state index contributed by atoms with van der Waals surface area (Å²) in [6, 6.07) is 8.70. The van der Waals surface area contributed by atoms with Crippen molar-refractivity contribution < 1.29 is 0 Å². The van der Waals surface area contributed by atoms with Gasteiger partial charge in [0.1, 0.15) is 12.2 Å². The quantitative estimate of drug-likeness (QED) is 0.907. The summed E-state index contributed by atoms with van der Waals surface area (Å²) in [5.74, 6) is 1.02. The highest BCUT2D eigenvalue weighted by atomic mass is 15.3. The van der Waals surface area contributed by atoms with Crippen LogP contribution in [0.15, 0.2) is 30.6 Å². The molecule has 2 aromatic rings. The molecule has 3 rings (SSSR count). The molecule has 0 fully saturated rings. The molecule has 100 valence electrons. The minimum Gasteiger partial charge on any atom is -0.330 e. The molecule has 4 nitrogen and oxygen atoms in total. The second-order valence-corrected chi connectivity index (χ2v) is 5.47. The van der Waals surface area contributed by atoms with Gasteiger partial charge in [0.2, 0.25) is 0 Å². The molecular weight excluding hydrogens is 236 g/mol. The standard InChI is InChI=1S/C15H20N4/c1-19-14(17-11-18-19)9-15(10-16)8-4-6-12-5-2-3-7-13(12)15/h2-3,5,7,11H,4,6,8-10,16H2,1H3. The Kier molecular flexibility index (Phi) is 3.11. The summed E-state index contributed by atoms with van der Waals surface area (Å²) in [7, 11) is 1.95. The number of hydrogen-bond donors (Lipinski definition) is 1.